The number of rotatable bonds is 9. The lowest BCUT2D eigenvalue weighted by molar-refractivity contribution is 0.0696. The predicted molar refractivity (Wildman–Crippen MR) is 83.3 cm³/mol. The third-order valence-electron chi connectivity index (χ3n) is 3.10. The van der Waals surface area contributed by atoms with Crippen LogP contribution in [0.15, 0.2) is 18.2 Å². The van der Waals surface area contributed by atoms with Gasteiger partial charge in [0.05, 0.1) is 18.8 Å². The van der Waals surface area contributed by atoms with Crippen LogP contribution in [0.3, 0.4) is 0 Å². The van der Waals surface area contributed by atoms with Gasteiger partial charge in [0.15, 0.2) is 11.5 Å². The summed E-state index contributed by atoms with van der Waals surface area (Å²) in [6, 6.07) is 4.75. The van der Waals surface area contributed by atoms with E-state index in [0.29, 0.717) is 36.5 Å². The van der Waals surface area contributed by atoms with Crippen molar-refractivity contribution < 1.29 is 19.4 Å². The van der Waals surface area contributed by atoms with Gasteiger partial charge in [-0.3, -0.25) is 0 Å². The minimum atomic E-state index is -0.961. The largest absolute Gasteiger partial charge is 0.490 e. The van der Waals surface area contributed by atoms with Crippen LogP contribution in [0.5, 0.6) is 11.5 Å². The molecule has 4 nitrogen and oxygen atoms in total. The van der Waals surface area contributed by atoms with E-state index in [2.05, 4.69) is 27.7 Å². The minimum absolute atomic E-state index is 0.214. The predicted octanol–water partition coefficient (Wildman–Crippen LogP) is 4.23. The van der Waals surface area contributed by atoms with Crippen LogP contribution in [0.1, 0.15) is 50.9 Å². The van der Waals surface area contributed by atoms with Gasteiger partial charge in [-0.05, 0) is 42.9 Å². The molecule has 0 aliphatic rings. The molecule has 0 radical (unpaired) electrons. The van der Waals surface area contributed by atoms with Crippen molar-refractivity contribution in [3.8, 4) is 11.5 Å². The molecule has 1 aromatic rings. The molecule has 0 saturated carbocycles. The Morgan fingerprint density at radius 1 is 1.00 bits per heavy atom. The van der Waals surface area contributed by atoms with Gasteiger partial charge in [0.1, 0.15) is 0 Å². The molecule has 0 saturated heterocycles. The second-order valence-electron chi connectivity index (χ2n) is 6.03. The van der Waals surface area contributed by atoms with E-state index in [1.54, 1.807) is 12.1 Å². The van der Waals surface area contributed by atoms with Gasteiger partial charge in [0.25, 0.3) is 0 Å². The number of hydrogen-bond donors (Lipinski definition) is 1. The monoisotopic (exact) mass is 294 g/mol. The van der Waals surface area contributed by atoms with E-state index >= 15 is 0 Å². The summed E-state index contributed by atoms with van der Waals surface area (Å²) in [6.45, 7) is 9.67. The average Bonchev–Trinajstić information content (AvgIpc) is 2.39. The molecular formula is C17H26O4. The van der Waals surface area contributed by atoms with Crippen molar-refractivity contribution in [2.45, 2.75) is 40.5 Å². The highest BCUT2D eigenvalue weighted by atomic mass is 16.5. The van der Waals surface area contributed by atoms with E-state index in [0.717, 1.165) is 12.8 Å². The third kappa shape index (κ3) is 6.52. The fraction of sp³-hybridized carbons (Fsp3) is 0.588. The van der Waals surface area contributed by atoms with Crippen molar-refractivity contribution >= 4 is 5.97 Å². The van der Waals surface area contributed by atoms with E-state index in [9.17, 15) is 4.79 Å². The maximum absolute atomic E-state index is 11.1. The fourth-order valence-corrected chi connectivity index (χ4v) is 1.68. The lowest BCUT2D eigenvalue weighted by Crippen LogP contribution is -2.07. The molecule has 0 atom stereocenters. The van der Waals surface area contributed by atoms with Crippen molar-refractivity contribution in [3.63, 3.8) is 0 Å². The normalized spacial score (nSPS) is 11.0. The zero-order chi connectivity index (χ0) is 15.8. The minimum Gasteiger partial charge on any atom is -0.490 e. The third-order valence-corrected chi connectivity index (χ3v) is 3.10. The summed E-state index contributed by atoms with van der Waals surface area (Å²) in [4.78, 5) is 11.1. The molecule has 0 amide bonds. The van der Waals surface area contributed by atoms with Crippen LogP contribution in [-0.4, -0.2) is 24.3 Å². The van der Waals surface area contributed by atoms with Gasteiger partial charge in [0.2, 0.25) is 0 Å². The van der Waals surface area contributed by atoms with E-state index in [1.807, 2.05) is 0 Å². The molecule has 118 valence electrons. The zero-order valence-corrected chi connectivity index (χ0v) is 13.4. The van der Waals surface area contributed by atoms with Crippen molar-refractivity contribution in [3.05, 3.63) is 23.8 Å². The molecule has 1 aromatic carbocycles. The highest BCUT2D eigenvalue weighted by Crippen LogP contribution is 2.29. The number of hydrogen-bond acceptors (Lipinski definition) is 3. The van der Waals surface area contributed by atoms with Crippen molar-refractivity contribution in [1.29, 1.82) is 0 Å². The number of ether oxygens (including phenoxy) is 2. The van der Waals surface area contributed by atoms with E-state index in [-0.39, 0.29) is 5.56 Å². The molecule has 4 heteroatoms. The van der Waals surface area contributed by atoms with Gasteiger partial charge >= 0.3 is 5.97 Å². The van der Waals surface area contributed by atoms with Gasteiger partial charge in [0, 0.05) is 0 Å². The molecule has 0 aliphatic heterocycles. The van der Waals surface area contributed by atoms with E-state index in [4.69, 9.17) is 14.6 Å². The first kappa shape index (κ1) is 17.3. The summed E-state index contributed by atoms with van der Waals surface area (Å²) in [6.07, 6.45) is 1.87. The molecule has 0 aliphatic carbocycles. The molecular weight excluding hydrogens is 268 g/mol. The lowest BCUT2D eigenvalue weighted by Gasteiger charge is -2.15. The summed E-state index contributed by atoms with van der Waals surface area (Å²) in [5.74, 6) is 1.27. The molecule has 21 heavy (non-hydrogen) atoms. The van der Waals surface area contributed by atoms with Crippen molar-refractivity contribution in [2.24, 2.45) is 11.8 Å². The van der Waals surface area contributed by atoms with E-state index in [1.165, 1.54) is 6.07 Å². The lowest BCUT2D eigenvalue weighted by atomic mass is 10.1. The maximum atomic E-state index is 11.1. The zero-order valence-electron chi connectivity index (χ0n) is 13.4. The quantitative estimate of drug-likeness (QED) is 0.740. The Morgan fingerprint density at radius 3 is 2.00 bits per heavy atom. The smallest absolute Gasteiger partial charge is 0.335 e. The Bertz CT molecular complexity index is 452. The van der Waals surface area contributed by atoms with E-state index < -0.39 is 5.97 Å². The Balaban J connectivity index is 2.76. The summed E-state index contributed by atoms with van der Waals surface area (Å²) < 4.78 is 11.4. The molecule has 0 spiro atoms. The van der Waals surface area contributed by atoms with Crippen LogP contribution in [0.25, 0.3) is 0 Å². The summed E-state index contributed by atoms with van der Waals surface area (Å²) in [5, 5.41) is 9.07. The molecule has 1 rings (SSSR count). The van der Waals surface area contributed by atoms with Gasteiger partial charge in [-0.2, -0.15) is 0 Å². The number of carbonyl (C=O) groups is 1. The fourth-order valence-electron chi connectivity index (χ4n) is 1.68. The van der Waals surface area contributed by atoms with Gasteiger partial charge in [-0.25, -0.2) is 4.79 Å². The first-order valence-corrected chi connectivity index (χ1v) is 7.53. The molecule has 0 heterocycles. The number of carboxylic acid groups (broad SMARTS) is 1. The number of carboxylic acids is 1. The highest BCUT2D eigenvalue weighted by Gasteiger charge is 2.11. The Labute approximate surface area is 127 Å². The standard InChI is InChI=1S/C17H26O4/c1-12(2)7-9-20-15-6-5-14(17(18)19)11-16(15)21-10-8-13(3)4/h5-6,11-13H,7-10H2,1-4H3,(H,18,19). The Morgan fingerprint density at radius 2 is 1.52 bits per heavy atom. The van der Waals surface area contributed by atoms with Crippen molar-refractivity contribution in [2.75, 3.05) is 13.2 Å². The first-order chi connectivity index (χ1) is 9.90. The average molecular weight is 294 g/mol. The van der Waals surface area contributed by atoms with Crippen LogP contribution in [0.2, 0.25) is 0 Å². The molecule has 0 unspecified atom stereocenters. The van der Waals surface area contributed by atoms with Crippen LogP contribution >= 0.6 is 0 Å². The second-order valence-corrected chi connectivity index (χ2v) is 6.03. The van der Waals surface area contributed by atoms with Crippen LogP contribution < -0.4 is 9.47 Å². The summed E-state index contributed by atoms with van der Waals surface area (Å²) in [7, 11) is 0. The number of benzene rings is 1. The molecule has 0 aromatic heterocycles. The topological polar surface area (TPSA) is 55.8 Å². The highest BCUT2D eigenvalue weighted by molar-refractivity contribution is 5.88. The van der Waals surface area contributed by atoms with Crippen LogP contribution in [0, 0.1) is 11.8 Å². The summed E-state index contributed by atoms with van der Waals surface area (Å²) in [5.41, 5.74) is 0.214. The molecule has 1 N–H and O–H groups in total. The van der Waals surface area contributed by atoms with Gasteiger partial charge in [-0.15, -0.1) is 0 Å². The molecule has 0 bridgehead atoms. The Hall–Kier alpha value is -1.71. The maximum Gasteiger partial charge on any atom is 0.335 e. The molecule has 0 fully saturated rings. The van der Waals surface area contributed by atoms with Gasteiger partial charge < -0.3 is 14.6 Å². The van der Waals surface area contributed by atoms with Gasteiger partial charge in [-0.1, -0.05) is 27.7 Å². The SMILES string of the molecule is CC(C)CCOc1ccc(C(=O)O)cc1OCCC(C)C. The van der Waals surface area contributed by atoms with Crippen molar-refractivity contribution in [1.82, 2.24) is 0 Å². The first-order valence-electron chi connectivity index (χ1n) is 7.53. The van der Waals surface area contributed by atoms with Crippen LogP contribution in [0.4, 0.5) is 0 Å². The second kappa shape index (κ2) is 8.55. The summed E-state index contributed by atoms with van der Waals surface area (Å²) >= 11 is 0. The number of aromatic carboxylic acids is 1. The van der Waals surface area contributed by atoms with Crippen LogP contribution in [-0.2, 0) is 0 Å². The Kier molecular flexibility index (Phi) is 7.06.